The van der Waals surface area contributed by atoms with Crippen molar-refractivity contribution in [1.29, 1.82) is 5.26 Å². The first-order chi connectivity index (χ1) is 20.7. The maximum atomic E-state index is 9.73. The van der Waals surface area contributed by atoms with Crippen LogP contribution in [-0.2, 0) is 18.3 Å². The Kier molecular flexibility index (Phi) is 9.29. The molecule has 0 radical (unpaired) electrons. The van der Waals surface area contributed by atoms with Crippen molar-refractivity contribution < 1.29 is 0 Å². The third-order valence-electron chi connectivity index (χ3n) is 10.0. The molecule has 0 amide bonds. The fourth-order valence-electron chi connectivity index (χ4n) is 7.91. The van der Waals surface area contributed by atoms with E-state index in [1.54, 1.807) is 11.3 Å². The number of allylic oxidation sites excluding steroid dienone is 1. The molecule has 2 aromatic rings. The van der Waals surface area contributed by atoms with Crippen LogP contribution in [0, 0.1) is 22.2 Å². The van der Waals surface area contributed by atoms with Crippen LogP contribution in [0.15, 0.2) is 18.3 Å². The van der Waals surface area contributed by atoms with E-state index in [0.717, 1.165) is 80.9 Å². The molecular formula is C36H55N7S. The molecule has 3 aliphatic heterocycles. The van der Waals surface area contributed by atoms with Crippen molar-refractivity contribution in [2.45, 2.75) is 118 Å². The first kappa shape index (κ1) is 32.6. The third-order valence-corrected chi connectivity index (χ3v) is 11.1. The second-order valence-corrected chi connectivity index (χ2v) is 16.9. The molecule has 2 N–H and O–H groups in total. The largest absolute Gasteiger partial charge is 0.389 e. The Hall–Kier alpha value is -2.79. The maximum Gasteiger partial charge on any atom is 0.134 e. The van der Waals surface area contributed by atoms with Gasteiger partial charge in [-0.25, -0.2) is 9.97 Å². The van der Waals surface area contributed by atoms with Crippen LogP contribution < -0.4 is 15.5 Å². The summed E-state index contributed by atoms with van der Waals surface area (Å²) in [6.07, 6.45) is 10.5. The van der Waals surface area contributed by atoms with Crippen molar-refractivity contribution in [2.75, 3.05) is 48.3 Å². The number of thiophene rings is 1. The van der Waals surface area contributed by atoms with E-state index in [2.05, 4.69) is 81.9 Å². The van der Waals surface area contributed by atoms with E-state index >= 15 is 0 Å². The molecule has 44 heavy (non-hydrogen) atoms. The van der Waals surface area contributed by atoms with Gasteiger partial charge in [0.05, 0.1) is 5.56 Å². The summed E-state index contributed by atoms with van der Waals surface area (Å²) in [5.41, 5.74) is 10.2. The molecule has 3 saturated heterocycles. The first-order valence-corrected chi connectivity index (χ1v) is 17.7. The summed E-state index contributed by atoms with van der Waals surface area (Å²) < 4.78 is 0. The number of hydrogen-bond donors (Lipinski definition) is 1. The van der Waals surface area contributed by atoms with Gasteiger partial charge < -0.3 is 20.4 Å². The van der Waals surface area contributed by atoms with Gasteiger partial charge in [-0.05, 0) is 74.7 Å². The van der Waals surface area contributed by atoms with E-state index in [1.807, 2.05) is 0 Å². The lowest BCUT2D eigenvalue weighted by molar-refractivity contribution is 0.283. The predicted molar refractivity (Wildman–Crippen MR) is 186 cm³/mol. The number of nitrogens with zero attached hydrogens (tertiary/aromatic N) is 6. The minimum Gasteiger partial charge on any atom is -0.389 e. The van der Waals surface area contributed by atoms with E-state index in [9.17, 15) is 5.26 Å². The molecular weight excluding hydrogens is 563 g/mol. The van der Waals surface area contributed by atoms with E-state index in [4.69, 9.17) is 15.7 Å². The van der Waals surface area contributed by atoms with Crippen LogP contribution in [0.1, 0.15) is 115 Å². The van der Waals surface area contributed by atoms with Crippen LogP contribution in [0.2, 0.25) is 0 Å². The lowest BCUT2D eigenvalue weighted by Crippen LogP contribution is -2.61. The average molecular weight is 618 g/mol. The summed E-state index contributed by atoms with van der Waals surface area (Å²) in [4.78, 5) is 18.4. The quantitative estimate of drug-likeness (QED) is 0.368. The van der Waals surface area contributed by atoms with Gasteiger partial charge in [-0.1, -0.05) is 48.1 Å². The van der Waals surface area contributed by atoms with Crippen molar-refractivity contribution in [3.63, 3.8) is 0 Å². The van der Waals surface area contributed by atoms with Gasteiger partial charge >= 0.3 is 0 Å². The Balaban J connectivity index is 0.000000249. The standard InChI is InChI=1S/C24H32N6S.C12H23N/c1-4-18-27-19(29-10-6-8-23(2,3)13-29)11-20(28-18)30-14-24(15-30)9-5-7-17-21(24)16(12-25)22(26)31-17;1-10-7-6-8-13(10)11(2)9-12(3,4)5/h11H,4-10,13-15,26H2,1-3H3;10H,2,6-9H2,1,3-5H3. The number of nitrogens with two attached hydrogens (primary N) is 1. The summed E-state index contributed by atoms with van der Waals surface area (Å²) in [5.74, 6) is 3.01. The number of rotatable bonds is 5. The lowest BCUT2D eigenvalue weighted by atomic mass is 9.66. The molecule has 4 aliphatic rings. The normalized spacial score (nSPS) is 22.1. The molecule has 0 saturated carbocycles. The summed E-state index contributed by atoms with van der Waals surface area (Å²) >= 11 is 1.62. The number of aromatic nitrogens is 2. The van der Waals surface area contributed by atoms with E-state index in [-0.39, 0.29) is 5.41 Å². The predicted octanol–water partition coefficient (Wildman–Crippen LogP) is 7.70. The molecule has 3 fully saturated rings. The molecule has 5 heterocycles. The highest BCUT2D eigenvalue weighted by atomic mass is 32.1. The first-order valence-electron chi connectivity index (χ1n) is 16.9. The van der Waals surface area contributed by atoms with Crippen molar-refractivity contribution in [1.82, 2.24) is 14.9 Å². The van der Waals surface area contributed by atoms with Gasteiger partial charge in [-0.2, -0.15) is 5.26 Å². The van der Waals surface area contributed by atoms with Gasteiger partial charge in [0.1, 0.15) is 28.5 Å². The summed E-state index contributed by atoms with van der Waals surface area (Å²) in [5, 5.41) is 10.4. The molecule has 1 spiro atoms. The van der Waals surface area contributed by atoms with E-state index < -0.39 is 0 Å². The number of piperidine rings is 1. The molecule has 7 nitrogen and oxygen atoms in total. The molecule has 240 valence electrons. The van der Waals surface area contributed by atoms with E-state index in [0.29, 0.717) is 15.8 Å². The van der Waals surface area contributed by atoms with Crippen LogP contribution in [0.5, 0.6) is 0 Å². The molecule has 1 atom stereocenters. The molecule has 1 aliphatic carbocycles. The summed E-state index contributed by atoms with van der Waals surface area (Å²) in [7, 11) is 0. The van der Waals surface area contributed by atoms with Crippen LogP contribution in [0.25, 0.3) is 0 Å². The van der Waals surface area contributed by atoms with Crippen LogP contribution in [0.3, 0.4) is 0 Å². The van der Waals surface area contributed by atoms with Gasteiger partial charge in [0, 0.05) is 67.2 Å². The zero-order valence-corrected chi connectivity index (χ0v) is 29.2. The minimum atomic E-state index is 0.0529. The second kappa shape index (κ2) is 12.5. The fraction of sp³-hybridized carbons (Fsp3) is 0.694. The third kappa shape index (κ3) is 6.88. The van der Waals surface area contributed by atoms with Crippen LogP contribution >= 0.6 is 11.3 Å². The zero-order chi connectivity index (χ0) is 31.9. The topological polar surface area (TPSA) is 85.3 Å². The Bertz CT molecular complexity index is 1390. The number of nitrogen functional groups attached to an aromatic ring is 1. The Labute approximate surface area is 270 Å². The fourth-order valence-corrected chi connectivity index (χ4v) is 9.09. The summed E-state index contributed by atoms with van der Waals surface area (Å²) in [6, 6.07) is 5.30. The number of likely N-dealkylation sites (tertiary alicyclic amines) is 1. The molecule has 2 aromatic heterocycles. The van der Waals surface area contributed by atoms with Crippen LogP contribution in [-0.4, -0.2) is 53.6 Å². The lowest BCUT2D eigenvalue weighted by Gasteiger charge is -2.53. The monoisotopic (exact) mass is 617 g/mol. The number of fused-ring (bicyclic) bond motifs is 2. The molecule has 0 aromatic carbocycles. The Morgan fingerprint density at radius 2 is 1.80 bits per heavy atom. The van der Waals surface area contributed by atoms with Gasteiger partial charge in [0.25, 0.3) is 0 Å². The number of anilines is 3. The second-order valence-electron chi connectivity index (χ2n) is 15.8. The average Bonchev–Trinajstić information content (AvgIpc) is 3.52. The minimum absolute atomic E-state index is 0.0529. The van der Waals surface area contributed by atoms with Gasteiger partial charge in [0.2, 0.25) is 0 Å². The van der Waals surface area contributed by atoms with Crippen molar-refractivity contribution in [2.24, 2.45) is 10.8 Å². The molecule has 1 unspecified atom stereocenters. The SMILES string of the molecule is C=C(CC(C)(C)C)N1CCCC1C.CCc1nc(N2CCCC(C)(C)C2)cc(N2CC3(CCCc4sc(N)c(C#N)c43)C2)n1. The smallest absolute Gasteiger partial charge is 0.134 e. The van der Waals surface area contributed by atoms with Crippen molar-refractivity contribution in [3.8, 4) is 6.07 Å². The number of nitriles is 1. The molecule has 8 heteroatoms. The summed E-state index contributed by atoms with van der Waals surface area (Å²) in [6.45, 7) is 25.3. The highest BCUT2D eigenvalue weighted by molar-refractivity contribution is 7.16. The Morgan fingerprint density at radius 3 is 2.39 bits per heavy atom. The van der Waals surface area contributed by atoms with Crippen molar-refractivity contribution in [3.05, 3.63) is 40.2 Å². The van der Waals surface area contributed by atoms with Gasteiger partial charge in [-0.15, -0.1) is 11.3 Å². The molecule has 0 bridgehead atoms. The highest BCUT2D eigenvalue weighted by Crippen LogP contribution is 2.51. The van der Waals surface area contributed by atoms with E-state index in [1.165, 1.54) is 54.8 Å². The molecule has 6 rings (SSSR count). The van der Waals surface area contributed by atoms with Crippen LogP contribution in [0.4, 0.5) is 16.6 Å². The van der Waals surface area contributed by atoms with Gasteiger partial charge in [-0.3, -0.25) is 0 Å². The zero-order valence-electron chi connectivity index (χ0n) is 28.4. The number of aryl methyl sites for hydroxylation is 2. The number of hydrogen-bond acceptors (Lipinski definition) is 8. The highest BCUT2D eigenvalue weighted by Gasteiger charge is 2.50. The van der Waals surface area contributed by atoms with Crippen molar-refractivity contribution >= 4 is 28.0 Å². The Morgan fingerprint density at radius 1 is 1.09 bits per heavy atom. The van der Waals surface area contributed by atoms with Gasteiger partial charge in [0.15, 0.2) is 0 Å². The maximum absolute atomic E-state index is 9.73.